The van der Waals surface area contributed by atoms with Gasteiger partial charge in [-0.25, -0.2) is 0 Å². The molecular formula is C21H20N4O. The molecule has 1 amide bonds. The van der Waals surface area contributed by atoms with E-state index in [9.17, 15) is 4.79 Å². The van der Waals surface area contributed by atoms with Gasteiger partial charge >= 0.3 is 0 Å². The number of hydrogen-bond donors (Lipinski definition) is 3. The van der Waals surface area contributed by atoms with Crippen molar-refractivity contribution < 1.29 is 4.79 Å². The Kier molecular flexibility index (Phi) is 3.84. The lowest BCUT2D eigenvalue weighted by atomic mass is 10.1. The maximum atomic E-state index is 12.7. The Morgan fingerprint density at radius 2 is 1.85 bits per heavy atom. The molecule has 0 atom stereocenters. The molecule has 5 heteroatoms. The minimum atomic E-state index is -0.195. The number of aromatic nitrogens is 3. The number of anilines is 1. The van der Waals surface area contributed by atoms with Crippen molar-refractivity contribution in [2.24, 2.45) is 0 Å². The molecule has 4 aromatic rings. The SMILES string of the molecule is Cc1ccc2[nH]c(C(=O)Nc3cc(-c4ccccc4C)[nH]n3)c(C)c2c1. The molecule has 0 bridgehead atoms. The standard InChI is InChI=1S/C21H20N4O/c1-12-8-9-17-16(10-12)14(3)20(22-17)21(26)23-19-11-18(24-25-19)15-7-5-4-6-13(15)2/h4-11,22H,1-3H3,(H2,23,24,25,26). The quantitative estimate of drug-likeness (QED) is 0.502. The molecule has 130 valence electrons. The lowest BCUT2D eigenvalue weighted by Crippen LogP contribution is -2.13. The van der Waals surface area contributed by atoms with Crippen LogP contribution in [0.3, 0.4) is 0 Å². The second-order valence-electron chi connectivity index (χ2n) is 6.61. The number of amides is 1. The van der Waals surface area contributed by atoms with Crippen LogP contribution in [0.5, 0.6) is 0 Å². The molecule has 3 N–H and O–H groups in total. The second kappa shape index (κ2) is 6.19. The van der Waals surface area contributed by atoms with Gasteiger partial charge in [-0.2, -0.15) is 5.10 Å². The van der Waals surface area contributed by atoms with Crippen molar-refractivity contribution in [2.45, 2.75) is 20.8 Å². The van der Waals surface area contributed by atoms with E-state index in [2.05, 4.69) is 26.6 Å². The van der Waals surface area contributed by atoms with Gasteiger partial charge in [0.15, 0.2) is 5.82 Å². The topological polar surface area (TPSA) is 73.6 Å². The van der Waals surface area contributed by atoms with Crippen molar-refractivity contribution in [3.8, 4) is 11.3 Å². The van der Waals surface area contributed by atoms with Crippen molar-refractivity contribution in [1.29, 1.82) is 0 Å². The molecule has 4 rings (SSSR count). The molecule has 26 heavy (non-hydrogen) atoms. The molecule has 0 spiro atoms. The summed E-state index contributed by atoms with van der Waals surface area (Å²) in [6.07, 6.45) is 0. The molecule has 0 aliphatic carbocycles. The summed E-state index contributed by atoms with van der Waals surface area (Å²) in [5.74, 6) is 0.307. The number of aryl methyl sites for hydroxylation is 3. The van der Waals surface area contributed by atoms with E-state index in [1.807, 2.05) is 63.2 Å². The Hall–Kier alpha value is -3.34. The Labute approximate surface area is 151 Å². The van der Waals surface area contributed by atoms with Crippen LogP contribution < -0.4 is 5.32 Å². The zero-order valence-electron chi connectivity index (χ0n) is 15.0. The minimum Gasteiger partial charge on any atom is -0.350 e. The summed E-state index contributed by atoms with van der Waals surface area (Å²) in [7, 11) is 0. The smallest absolute Gasteiger partial charge is 0.273 e. The molecule has 5 nitrogen and oxygen atoms in total. The third-order valence-electron chi connectivity index (χ3n) is 4.70. The fourth-order valence-electron chi connectivity index (χ4n) is 3.25. The van der Waals surface area contributed by atoms with Crippen LogP contribution in [0.2, 0.25) is 0 Å². The van der Waals surface area contributed by atoms with Crippen LogP contribution in [0.1, 0.15) is 27.2 Å². The van der Waals surface area contributed by atoms with Gasteiger partial charge in [-0.3, -0.25) is 9.89 Å². The highest BCUT2D eigenvalue weighted by molar-refractivity contribution is 6.07. The van der Waals surface area contributed by atoms with Crippen molar-refractivity contribution in [3.05, 3.63) is 70.9 Å². The maximum Gasteiger partial charge on any atom is 0.273 e. The number of fused-ring (bicyclic) bond motifs is 1. The summed E-state index contributed by atoms with van der Waals surface area (Å²) in [5.41, 5.74) is 6.72. The summed E-state index contributed by atoms with van der Waals surface area (Å²) in [4.78, 5) is 15.9. The Bertz CT molecular complexity index is 1120. The van der Waals surface area contributed by atoms with E-state index < -0.39 is 0 Å². The van der Waals surface area contributed by atoms with Gasteiger partial charge in [-0.15, -0.1) is 0 Å². The Balaban J connectivity index is 1.61. The first-order chi connectivity index (χ1) is 12.5. The lowest BCUT2D eigenvalue weighted by molar-refractivity contribution is 0.102. The number of H-pyrrole nitrogens is 2. The third kappa shape index (κ3) is 2.77. The van der Waals surface area contributed by atoms with E-state index in [1.165, 1.54) is 5.56 Å². The van der Waals surface area contributed by atoms with Gasteiger partial charge < -0.3 is 10.3 Å². The predicted molar refractivity (Wildman–Crippen MR) is 104 cm³/mol. The van der Waals surface area contributed by atoms with Crippen LogP contribution in [0.4, 0.5) is 5.82 Å². The number of hydrogen-bond acceptors (Lipinski definition) is 2. The number of carbonyl (C=O) groups excluding carboxylic acids is 1. The van der Waals surface area contributed by atoms with Gasteiger partial charge in [0.1, 0.15) is 5.69 Å². The Morgan fingerprint density at radius 3 is 2.65 bits per heavy atom. The van der Waals surface area contributed by atoms with Crippen LogP contribution in [-0.4, -0.2) is 21.1 Å². The number of nitrogens with one attached hydrogen (secondary N) is 3. The largest absolute Gasteiger partial charge is 0.350 e. The molecule has 0 fully saturated rings. The molecule has 0 unspecified atom stereocenters. The van der Waals surface area contributed by atoms with Crippen molar-refractivity contribution in [3.63, 3.8) is 0 Å². The van der Waals surface area contributed by atoms with Crippen LogP contribution in [0, 0.1) is 20.8 Å². The predicted octanol–water partition coefficient (Wildman–Crippen LogP) is 4.74. The average molecular weight is 344 g/mol. The van der Waals surface area contributed by atoms with Crippen molar-refractivity contribution >= 4 is 22.6 Å². The molecule has 0 saturated heterocycles. The summed E-state index contributed by atoms with van der Waals surface area (Å²) in [5, 5.41) is 11.2. The van der Waals surface area contributed by atoms with E-state index in [-0.39, 0.29) is 5.91 Å². The molecule has 0 aliphatic rings. The first-order valence-electron chi connectivity index (χ1n) is 8.54. The summed E-state index contributed by atoms with van der Waals surface area (Å²) >= 11 is 0. The molecule has 2 aromatic carbocycles. The molecule has 0 radical (unpaired) electrons. The highest BCUT2D eigenvalue weighted by Crippen LogP contribution is 2.25. The molecule has 2 aromatic heterocycles. The number of aromatic amines is 2. The summed E-state index contributed by atoms with van der Waals surface area (Å²) in [6.45, 7) is 6.04. The van der Waals surface area contributed by atoms with Gasteiger partial charge in [0.05, 0.1) is 5.69 Å². The van der Waals surface area contributed by atoms with Crippen LogP contribution in [0.15, 0.2) is 48.5 Å². The highest BCUT2D eigenvalue weighted by Gasteiger charge is 2.16. The van der Waals surface area contributed by atoms with E-state index in [1.54, 1.807) is 0 Å². The second-order valence-corrected chi connectivity index (χ2v) is 6.61. The first kappa shape index (κ1) is 16.1. The van der Waals surface area contributed by atoms with E-state index in [0.29, 0.717) is 11.5 Å². The molecule has 0 aliphatic heterocycles. The summed E-state index contributed by atoms with van der Waals surface area (Å²) < 4.78 is 0. The number of carbonyl (C=O) groups is 1. The number of nitrogens with zero attached hydrogens (tertiary/aromatic N) is 1. The fraction of sp³-hybridized carbons (Fsp3) is 0.143. The zero-order chi connectivity index (χ0) is 18.3. The molecule has 0 saturated carbocycles. The summed E-state index contributed by atoms with van der Waals surface area (Å²) in [6, 6.07) is 16.0. The fourth-order valence-corrected chi connectivity index (χ4v) is 3.25. The van der Waals surface area contributed by atoms with E-state index >= 15 is 0 Å². The van der Waals surface area contributed by atoms with E-state index in [4.69, 9.17) is 0 Å². The van der Waals surface area contributed by atoms with Crippen molar-refractivity contribution in [1.82, 2.24) is 15.2 Å². The first-order valence-corrected chi connectivity index (χ1v) is 8.54. The zero-order valence-corrected chi connectivity index (χ0v) is 15.0. The minimum absolute atomic E-state index is 0.195. The highest BCUT2D eigenvalue weighted by atomic mass is 16.2. The average Bonchev–Trinajstić information content (AvgIpc) is 3.20. The molecular weight excluding hydrogens is 324 g/mol. The number of rotatable bonds is 3. The lowest BCUT2D eigenvalue weighted by Gasteiger charge is -2.01. The van der Waals surface area contributed by atoms with E-state index in [0.717, 1.165) is 33.3 Å². The van der Waals surface area contributed by atoms with Crippen molar-refractivity contribution in [2.75, 3.05) is 5.32 Å². The van der Waals surface area contributed by atoms with Gasteiger partial charge in [0.25, 0.3) is 5.91 Å². The van der Waals surface area contributed by atoms with Gasteiger partial charge in [0.2, 0.25) is 0 Å². The van der Waals surface area contributed by atoms with Crippen LogP contribution in [-0.2, 0) is 0 Å². The molecule has 2 heterocycles. The van der Waals surface area contributed by atoms with Gasteiger partial charge in [-0.1, -0.05) is 35.9 Å². The Morgan fingerprint density at radius 1 is 1.04 bits per heavy atom. The van der Waals surface area contributed by atoms with Crippen LogP contribution in [0.25, 0.3) is 22.2 Å². The monoisotopic (exact) mass is 344 g/mol. The normalized spacial score (nSPS) is 11.0. The number of benzene rings is 2. The van der Waals surface area contributed by atoms with Crippen LogP contribution >= 0.6 is 0 Å². The van der Waals surface area contributed by atoms with Gasteiger partial charge in [0, 0.05) is 22.5 Å². The maximum absolute atomic E-state index is 12.7. The van der Waals surface area contributed by atoms with Gasteiger partial charge in [-0.05, 0) is 44.0 Å². The third-order valence-corrected chi connectivity index (χ3v) is 4.70.